The van der Waals surface area contributed by atoms with Gasteiger partial charge in [0.25, 0.3) is 0 Å². The van der Waals surface area contributed by atoms with E-state index >= 15 is 0 Å². The lowest BCUT2D eigenvalue weighted by Crippen LogP contribution is -1.85. The van der Waals surface area contributed by atoms with Crippen molar-refractivity contribution in [1.82, 2.24) is 0 Å². The molecule has 1 heteroatoms. The van der Waals surface area contributed by atoms with Crippen LogP contribution in [-0.4, -0.2) is 0 Å². The van der Waals surface area contributed by atoms with Crippen molar-refractivity contribution in [3.63, 3.8) is 0 Å². The van der Waals surface area contributed by atoms with Crippen LogP contribution >= 0.6 is 0 Å². The van der Waals surface area contributed by atoms with Crippen LogP contribution in [0.2, 0.25) is 0 Å². The van der Waals surface area contributed by atoms with Crippen molar-refractivity contribution in [3.8, 4) is 0 Å². The molecule has 1 nitrogen and oxygen atoms in total. The molecule has 0 fully saturated rings. The van der Waals surface area contributed by atoms with Gasteiger partial charge in [-0.1, -0.05) is 18.7 Å². The smallest absolute Gasteiger partial charge is 0.229 e. The second-order valence-electron chi connectivity index (χ2n) is 1.37. The third-order valence-electron chi connectivity index (χ3n) is 0.819. The zero-order chi connectivity index (χ0) is 5.82. The van der Waals surface area contributed by atoms with Gasteiger partial charge in [0.15, 0.2) is 0 Å². The minimum atomic E-state index is 0.882. The average Bonchev–Trinajstić information content (AvgIpc) is 1.90. The first-order valence-electron chi connectivity index (χ1n) is 2.34. The molecule has 0 atom stereocenters. The predicted octanol–water partition coefficient (Wildman–Crippen LogP) is 1.68. The highest BCUT2D eigenvalue weighted by Crippen LogP contribution is 2.06. The molecule has 1 aliphatic heterocycles. The number of hydrogen-bond donors (Lipinski definition) is 0. The molecule has 0 aromatic heterocycles. The molecular weight excluding hydrogens is 100 g/mol. The molecule has 1 aliphatic rings. The fourth-order valence-corrected chi connectivity index (χ4v) is 0.428. The van der Waals surface area contributed by atoms with Crippen LogP contribution in [0.5, 0.6) is 0 Å². The molecule has 0 unspecified atom stereocenters. The topological polar surface area (TPSA) is 9.23 Å². The van der Waals surface area contributed by atoms with Gasteiger partial charge in [-0.15, -0.1) is 0 Å². The van der Waals surface area contributed by atoms with Gasteiger partial charge in [-0.2, -0.15) is 0 Å². The van der Waals surface area contributed by atoms with Crippen LogP contribution in [0.25, 0.3) is 0 Å². The van der Waals surface area contributed by atoms with Crippen LogP contribution in [0, 0.1) is 6.61 Å². The van der Waals surface area contributed by atoms with Gasteiger partial charge in [0.1, 0.15) is 0 Å². The summed E-state index contributed by atoms with van der Waals surface area (Å²) in [4.78, 5) is 0. The summed E-state index contributed by atoms with van der Waals surface area (Å²) in [6.07, 6.45) is 6.92. The molecule has 1 rings (SSSR count). The number of allylic oxidation sites excluding steroid dienone is 2. The molecule has 0 bridgehead atoms. The van der Waals surface area contributed by atoms with E-state index in [1.807, 2.05) is 6.08 Å². The van der Waals surface area contributed by atoms with Crippen LogP contribution in [0.4, 0.5) is 0 Å². The predicted molar refractivity (Wildman–Crippen MR) is 31.7 cm³/mol. The number of hydrogen-bond acceptors (Lipinski definition) is 1. The molecule has 0 amide bonds. The van der Waals surface area contributed by atoms with Gasteiger partial charge in [-0.3, -0.25) is 0 Å². The first-order chi connectivity index (χ1) is 3.93. The maximum atomic E-state index is 4.70. The largest absolute Gasteiger partial charge is 0.480 e. The highest BCUT2D eigenvalue weighted by molar-refractivity contribution is 5.29. The van der Waals surface area contributed by atoms with Crippen LogP contribution < -0.4 is 0 Å². The Bertz CT molecular complexity index is 142. The minimum absolute atomic E-state index is 0.882. The van der Waals surface area contributed by atoms with Crippen LogP contribution in [0.15, 0.2) is 36.6 Å². The van der Waals surface area contributed by atoms with Gasteiger partial charge >= 0.3 is 0 Å². The Balaban J connectivity index is 2.63. The van der Waals surface area contributed by atoms with E-state index in [1.54, 1.807) is 18.4 Å². The lowest BCUT2D eigenvalue weighted by atomic mass is 10.2. The molecule has 0 saturated heterocycles. The first kappa shape index (κ1) is 5.16. The van der Waals surface area contributed by atoms with Crippen molar-refractivity contribution >= 4 is 0 Å². The monoisotopic (exact) mass is 106 g/mol. The summed E-state index contributed by atoms with van der Waals surface area (Å²) in [6, 6.07) is 0. The minimum Gasteiger partial charge on any atom is -0.480 e. The molecule has 0 aromatic carbocycles. The zero-order valence-electron chi connectivity index (χ0n) is 4.42. The lowest BCUT2D eigenvalue weighted by Gasteiger charge is -2.00. The molecule has 0 spiro atoms. The standard InChI is InChI=1S/C7H6O/c1-2-7-4-3-5-8-6-7/h2-5H,1H2. The summed E-state index contributed by atoms with van der Waals surface area (Å²) in [5.41, 5.74) is 0.882. The molecule has 0 saturated carbocycles. The lowest BCUT2D eigenvalue weighted by molar-refractivity contribution is 0.348. The van der Waals surface area contributed by atoms with Gasteiger partial charge in [0.05, 0.1) is 6.26 Å². The second kappa shape index (κ2) is 2.36. The highest BCUT2D eigenvalue weighted by Gasteiger charge is 1.94. The van der Waals surface area contributed by atoms with Crippen molar-refractivity contribution in [3.05, 3.63) is 43.2 Å². The summed E-state index contributed by atoms with van der Waals surface area (Å²) in [7, 11) is 0. The quantitative estimate of drug-likeness (QED) is 0.494. The van der Waals surface area contributed by atoms with E-state index in [0.717, 1.165) is 5.57 Å². The summed E-state index contributed by atoms with van der Waals surface area (Å²) < 4.78 is 4.70. The summed E-state index contributed by atoms with van der Waals surface area (Å²) >= 11 is 0. The van der Waals surface area contributed by atoms with Gasteiger partial charge in [0, 0.05) is 5.57 Å². The molecule has 8 heavy (non-hydrogen) atoms. The number of rotatable bonds is 1. The fourth-order valence-electron chi connectivity index (χ4n) is 0.428. The van der Waals surface area contributed by atoms with E-state index in [4.69, 9.17) is 4.74 Å². The van der Waals surface area contributed by atoms with E-state index in [2.05, 4.69) is 13.2 Å². The molecule has 0 aromatic rings. The molecular formula is C7H6O. The van der Waals surface area contributed by atoms with Crippen molar-refractivity contribution in [2.24, 2.45) is 0 Å². The molecule has 2 radical (unpaired) electrons. The van der Waals surface area contributed by atoms with Crippen molar-refractivity contribution in [1.29, 1.82) is 0 Å². The van der Waals surface area contributed by atoms with E-state index in [1.165, 1.54) is 0 Å². The van der Waals surface area contributed by atoms with Crippen LogP contribution in [0.1, 0.15) is 0 Å². The van der Waals surface area contributed by atoms with Crippen LogP contribution in [0.3, 0.4) is 0 Å². The van der Waals surface area contributed by atoms with E-state index in [0.29, 0.717) is 0 Å². The van der Waals surface area contributed by atoms with E-state index in [-0.39, 0.29) is 0 Å². The van der Waals surface area contributed by atoms with Crippen molar-refractivity contribution in [2.75, 3.05) is 0 Å². The van der Waals surface area contributed by atoms with Crippen molar-refractivity contribution in [2.45, 2.75) is 0 Å². The Morgan fingerprint density at radius 1 is 1.75 bits per heavy atom. The maximum absolute atomic E-state index is 4.70. The van der Waals surface area contributed by atoms with Gasteiger partial charge in [-0.25, -0.2) is 0 Å². The van der Waals surface area contributed by atoms with Crippen LogP contribution in [-0.2, 0) is 4.74 Å². The first-order valence-corrected chi connectivity index (χ1v) is 2.34. The van der Waals surface area contributed by atoms with E-state index in [9.17, 15) is 0 Å². The number of ether oxygens (including phenoxy) is 1. The summed E-state index contributed by atoms with van der Waals surface area (Å²) in [5, 5.41) is 0. The molecule has 1 heterocycles. The second-order valence-corrected chi connectivity index (χ2v) is 1.37. The van der Waals surface area contributed by atoms with Crippen molar-refractivity contribution < 1.29 is 4.74 Å². The van der Waals surface area contributed by atoms with Gasteiger partial charge in [-0.05, 0) is 6.08 Å². The third kappa shape index (κ3) is 0.997. The van der Waals surface area contributed by atoms with Gasteiger partial charge < -0.3 is 4.74 Å². The maximum Gasteiger partial charge on any atom is 0.229 e. The Hall–Kier alpha value is -0.980. The third-order valence-corrected chi connectivity index (χ3v) is 0.819. The Morgan fingerprint density at radius 3 is 3.00 bits per heavy atom. The zero-order valence-corrected chi connectivity index (χ0v) is 4.42. The average molecular weight is 106 g/mol. The van der Waals surface area contributed by atoms with E-state index < -0.39 is 0 Å². The SMILES string of the molecule is C=CC1=CC=CO[C]1. The Morgan fingerprint density at radius 2 is 2.62 bits per heavy atom. The Kier molecular flexibility index (Phi) is 1.52. The summed E-state index contributed by atoms with van der Waals surface area (Å²) in [6.45, 7) is 6.16. The van der Waals surface area contributed by atoms with Gasteiger partial charge in [0.2, 0.25) is 6.61 Å². The highest BCUT2D eigenvalue weighted by atomic mass is 16.5. The normalized spacial score (nSPS) is 16.8. The molecule has 40 valence electrons. The summed E-state index contributed by atoms with van der Waals surface area (Å²) in [5.74, 6) is 0. The molecule has 0 N–H and O–H groups in total. The fraction of sp³-hybridized carbons (Fsp3) is 0. The molecule has 0 aliphatic carbocycles. The Labute approximate surface area is 49.0 Å².